The monoisotopic (exact) mass is 282 g/mol. The summed E-state index contributed by atoms with van der Waals surface area (Å²) in [6, 6.07) is 10.3. The van der Waals surface area contributed by atoms with E-state index in [4.69, 9.17) is 0 Å². The highest BCUT2D eigenvalue weighted by molar-refractivity contribution is 7.13. The first-order valence-electron chi connectivity index (χ1n) is 6.89. The van der Waals surface area contributed by atoms with Gasteiger partial charge in [0.25, 0.3) is 0 Å². The molecule has 3 nitrogen and oxygen atoms in total. The Morgan fingerprint density at radius 3 is 2.37 bits per heavy atom. The van der Waals surface area contributed by atoms with Gasteiger partial charge in [0.15, 0.2) is 0 Å². The predicted molar refractivity (Wildman–Crippen MR) is 85.1 cm³/mol. The summed E-state index contributed by atoms with van der Waals surface area (Å²) in [5, 5.41) is 13.5. The van der Waals surface area contributed by atoms with Crippen molar-refractivity contribution in [2.24, 2.45) is 5.92 Å². The Kier molecular flexibility index (Phi) is 7.55. The van der Waals surface area contributed by atoms with E-state index in [9.17, 15) is 5.11 Å². The zero-order chi connectivity index (χ0) is 14.3. The van der Waals surface area contributed by atoms with E-state index in [2.05, 4.69) is 52.4 Å². The molecule has 3 atom stereocenters. The summed E-state index contributed by atoms with van der Waals surface area (Å²) in [7, 11) is 4.59. The standard InChI is InChI=1S/C15H27N2OP/c1-12(2)10-17(3)11-15(18)14(16-19)9-13-7-5-4-6-8-13/h4-8,12,14-16,18H,9-11,19H2,1-3H3/t14-,15+/m0/s1. The molecule has 1 unspecified atom stereocenters. The summed E-state index contributed by atoms with van der Waals surface area (Å²) in [5.74, 6) is 0.619. The maximum absolute atomic E-state index is 10.3. The SMILES string of the molecule is CC(C)CN(C)C[C@@H](O)[C@H](Cc1ccccc1)NP. The molecule has 2 N–H and O–H groups in total. The molecule has 0 aliphatic rings. The summed E-state index contributed by atoms with van der Waals surface area (Å²) in [5.41, 5.74) is 1.24. The molecule has 4 heteroatoms. The molecule has 0 fully saturated rings. The van der Waals surface area contributed by atoms with Crippen LogP contribution in [0.2, 0.25) is 0 Å². The zero-order valence-electron chi connectivity index (χ0n) is 12.2. The van der Waals surface area contributed by atoms with E-state index < -0.39 is 0 Å². The zero-order valence-corrected chi connectivity index (χ0v) is 13.4. The van der Waals surface area contributed by atoms with Crippen molar-refractivity contribution in [3.63, 3.8) is 0 Å². The summed E-state index contributed by atoms with van der Waals surface area (Å²) in [6.07, 6.45) is 0.461. The molecular weight excluding hydrogens is 255 g/mol. The molecule has 0 aliphatic carbocycles. The minimum Gasteiger partial charge on any atom is -0.390 e. The third kappa shape index (κ3) is 6.49. The van der Waals surface area contributed by atoms with Gasteiger partial charge in [-0.2, -0.15) is 0 Å². The molecule has 0 bridgehead atoms. The third-order valence-electron chi connectivity index (χ3n) is 3.15. The van der Waals surface area contributed by atoms with Crippen LogP contribution in [0.3, 0.4) is 0 Å². The summed E-state index contributed by atoms with van der Waals surface area (Å²) in [6.45, 7) is 6.08. The van der Waals surface area contributed by atoms with Crippen LogP contribution < -0.4 is 5.09 Å². The van der Waals surface area contributed by atoms with Gasteiger partial charge in [-0.1, -0.05) is 53.6 Å². The van der Waals surface area contributed by atoms with Crippen molar-refractivity contribution in [1.82, 2.24) is 9.99 Å². The number of aliphatic hydroxyl groups is 1. The van der Waals surface area contributed by atoms with Gasteiger partial charge >= 0.3 is 0 Å². The van der Waals surface area contributed by atoms with Gasteiger partial charge in [0, 0.05) is 19.1 Å². The van der Waals surface area contributed by atoms with Gasteiger partial charge < -0.3 is 10.0 Å². The lowest BCUT2D eigenvalue weighted by molar-refractivity contribution is 0.0931. The quantitative estimate of drug-likeness (QED) is 0.715. The minimum atomic E-state index is -0.374. The highest BCUT2D eigenvalue weighted by atomic mass is 31.0. The van der Waals surface area contributed by atoms with Crippen molar-refractivity contribution in [2.75, 3.05) is 20.1 Å². The maximum Gasteiger partial charge on any atom is 0.0825 e. The van der Waals surface area contributed by atoms with Crippen LogP contribution in [0.25, 0.3) is 0 Å². The fourth-order valence-corrected chi connectivity index (χ4v) is 2.66. The van der Waals surface area contributed by atoms with Crippen LogP contribution in [0.1, 0.15) is 19.4 Å². The first kappa shape index (κ1) is 16.6. The molecule has 19 heavy (non-hydrogen) atoms. The smallest absolute Gasteiger partial charge is 0.0825 e. The Bertz CT molecular complexity index is 345. The highest BCUT2D eigenvalue weighted by Crippen LogP contribution is 2.09. The minimum absolute atomic E-state index is 0.0574. The van der Waals surface area contributed by atoms with Crippen LogP contribution in [0.15, 0.2) is 30.3 Å². The van der Waals surface area contributed by atoms with E-state index >= 15 is 0 Å². The average Bonchev–Trinajstić information content (AvgIpc) is 2.35. The van der Waals surface area contributed by atoms with E-state index in [0.29, 0.717) is 12.5 Å². The normalized spacial score (nSPS) is 14.9. The molecule has 108 valence electrons. The Balaban J connectivity index is 2.49. The van der Waals surface area contributed by atoms with Crippen LogP contribution in [-0.2, 0) is 6.42 Å². The number of hydrogen-bond donors (Lipinski definition) is 2. The number of rotatable bonds is 8. The second-order valence-corrected chi connectivity index (χ2v) is 5.98. The Morgan fingerprint density at radius 1 is 1.21 bits per heavy atom. The Morgan fingerprint density at radius 2 is 1.84 bits per heavy atom. The second-order valence-electron chi connectivity index (χ2n) is 5.65. The molecule has 0 spiro atoms. The first-order valence-corrected chi connectivity index (χ1v) is 7.47. The molecule has 1 aromatic rings. The fraction of sp³-hybridized carbons (Fsp3) is 0.600. The van der Waals surface area contributed by atoms with Gasteiger partial charge in [-0.3, -0.25) is 5.09 Å². The Labute approximate surface area is 119 Å². The first-order chi connectivity index (χ1) is 9.02. The molecule has 0 aliphatic heterocycles. The van der Waals surface area contributed by atoms with Gasteiger partial charge in [0.05, 0.1) is 6.10 Å². The molecule has 0 aromatic heterocycles. The lowest BCUT2D eigenvalue weighted by Gasteiger charge is -2.27. The van der Waals surface area contributed by atoms with Crippen LogP contribution in [0.5, 0.6) is 0 Å². The van der Waals surface area contributed by atoms with E-state index in [-0.39, 0.29) is 12.1 Å². The average molecular weight is 282 g/mol. The van der Waals surface area contributed by atoms with Gasteiger partial charge in [0.1, 0.15) is 0 Å². The third-order valence-corrected chi connectivity index (χ3v) is 3.58. The molecule has 0 saturated carbocycles. The van der Waals surface area contributed by atoms with Crippen LogP contribution in [0.4, 0.5) is 0 Å². The lowest BCUT2D eigenvalue weighted by atomic mass is 10.0. The topological polar surface area (TPSA) is 35.5 Å². The molecule has 0 heterocycles. The molecule has 0 amide bonds. The summed E-state index contributed by atoms with van der Waals surface area (Å²) < 4.78 is 0. The fourth-order valence-electron chi connectivity index (χ4n) is 2.32. The Hall–Kier alpha value is -0.470. The largest absolute Gasteiger partial charge is 0.390 e. The molecule has 1 rings (SSSR count). The molecule has 1 aromatic carbocycles. The van der Waals surface area contributed by atoms with E-state index in [1.807, 2.05) is 18.2 Å². The second kappa shape index (κ2) is 8.65. The van der Waals surface area contributed by atoms with Gasteiger partial charge in [-0.25, -0.2) is 0 Å². The molecule has 0 radical (unpaired) electrons. The number of likely N-dealkylation sites (N-methyl/N-ethyl adjacent to an activating group) is 1. The van der Waals surface area contributed by atoms with E-state index in [1.165, 1.54) is 5.56 Å². The maximum atomic E-state index is 10.3. The van der Waals surface area contributed by atoms with Crippen LogP contribution >= 0.6 is 9.39 Å². The number of aliphatic hydroxyl groups excluding tert-OH is 1. The van der Waals surface area contributed by atoms with Gasteiger partial charge in [0.2, 0.25) is 0 Å². The van der Waals surface area contributed by atoms with Crippen molar-refractivity contribution in [3.05, 3.63) is 35.9 Å². The predicted octanol–water partition coefficient (Wildman–Crippen LogP) is 1.93. The molecular formula is C15H27N2OP. The number of nitrogens with one attached hydrogen (secondary N) is 1. The number of hydrogen-bond acceptors (Lipinski definition) is 3. The summed E-state index contributed by atoms with van der Waals surface area (Å²) in [4.78, 5) is 2.19. The van der Waals surface area contributed by atoms with Crippen molar-refractivity contribution in [2.45, 2.75) is 32.4 Å². The van der Waals surface area contributed by atoms with Crippen molar-refractivity contribution in [3.8, 4) is 0 Å². The molecule has 0 saturated heterocycles. The van der Waals surface area contributed by atoms with Crippen molar-refractivity contribution < 1.29 is 5.11 Å². The van der Waals surface area contributed by atoms with Crippen molar-refractivity contribution >= 4 is 9.39 Å². The van der Waals surface area contributed by atoms with E-state index in [0.717, 1.165) is 13.0 Å². The van der Waals surface area contributed by atoms with Crippen molar-refractivity contribution in [1.29, 1.82) is 0 Å². The number of benzene rings is 1. The lowest BCUT2D eigenvalue weighted by Crippen LogP contribution is -2.44. The van der Waals surface area contributed by atoms with Crippen LogP contribution in [0, 0.1) is 5.92 Å². The highest BCUT2D eigenvalue weighted by Gasteiger charge is 2.19. The van der Waals surface area contributed by atoms with Gasteiger partial charge in [-0.05, 0) is 24.9 Å². The van der Waals surface area contributed by atoms with Crippen LogP contribution in [-0.4, -0.2) is 42.3 Å². The van der Waals surface area contributed by atoms with E-state index in [1.54, 1.807) is 0 Å². The summed E-state index contributed by atoms with van der Waals surface area (Å²) >= 11 is 0. The number of nitrogens with zero attached hydrogens (tertiary/aromatic N) is 1. The van der Waals surface area contributed by atoms with Gasteiger partial charge in [-0.15, -0.1) is 0 Å².